The number of hydrogen-bond acceptors (Lipinski definition) is 3. The molecule has 5 heteroatoms. The normalized spacial score (nSPS) is 10.3. The minimum absolute atomic E-state index is 0.0446. The lowest BCUT2D eigenvalue weighted by Gasteiger charge is -2.17. The van der Waals surface area contributed by atoms with E-state index in [1.165, 1.54) is 0 Å². The van der Waals surface area contributed by atoms with E-state index in [0.29, 0.717) is 19.4 Å². The zero-order chi connectivity index (χ0) is 19.4. The fraction of sp³-hybridized carbons (Fsp3) is 0.842. The quantitative estimate of drug-likeness (QED) is 0.458. The predicted octanol–water partition coefficient (Wildman–Crippen LogP) is 3.81. The van der Waals surface area contributed by atoms with E-state index < -0.39 is 0 Å². The standard InChI is InChI=1S/C15H28N2O3.2C2H6/c1-4-5-6-9-16-14(19)8-7-10-17(3)15(20)11-13(2)12-18;2*1-2/h12-13H,4-11H2,1-3H3,(H,16,19);2*1-2H3. The molecule has 0 aromatic heterocycles. The highest BCUT2D eigenvalue weighted by atomic mass is 16.2. The molecule has 0 bridgehead atoms. The molecule has 0 aliphatic rings. The number of carbonyl (C=O) groups excluding carboxylic acids is 3. The Morgan fingerprint density at radius 3 is 2.17 bits per heavy atom. The first-order valence-electron chi connectivity index (χ1n) is 9.47. The number of carbonyl (C=O) groups is 3. The second kappa shape index (κ2) is 21.6. The monoisotopic (exact) mass is 344 g/mol. The number of hydrogen-bond donors (Lipinski definition) is 1. The Kier molecular flexibility index (Phi) is 24.7. The average molecular weight is 345 g/mol. The van der Waals surface area contributed by atoms with Crippen molar-refractivity contribution in [3.05, 3.63) is 0 Å². The summed E-state index contributed by atoms with van der Waals surface area (Å²) in [5.74, 6) is -0.247. The van der Waals surface area contributed by atoms with E-state index in [0.717, 1.165) is 32.1 Å². The lowest BCUT2D eigenvalue weighted by Crippen LogP contribution is -2.30. The molecule has 0 aliphatic carbocycles. The number of rotatable bonds is 11. The van der Waals surface area contributed by atoms with E-state index in [-0.39, 0.29) is 24.2 Å². The van der Waals surface area contributed by atoms with Crippen LogP contribution in [-0.2, 0) is 14.4 Å². The second-order valence-electron chi connectivity index (χ2n) is 5.29. The Bertz CT molecular complexity index is 307. The minimum Gasteiger partial charge on any atom is -0.356 e. The third kappa shape index (κ3) is 18.7. The van der Waals surface area contributed by atoms with Gasteiger partial charge in [0.15, 0.2) is 0 Å². The van der Waals surface area contributed by atoms with Crippen molar-refractivity contribution in [3.8, 4) is 0 Å². The molecule has 24 heavy (non-hydrogen) atoms. The van der Waals surface area contributed by atoms with Gasteiger partial charge >= 0.3 is 0 Å². The zero-order valence-corrected chi connectivity index (χ0v) is 17.0. The Labute approximate surface area is 149 Å². The first kappa shape index (κ1) is 27.5. The Balaban J connectivity index is -0.00000102. The van der Waals surface area contributed by atoms with Crippen LogP contribution < -0.4 is 5.32 Å². The van der Waals surface area contributed by atoms with Gasteiger partial charge in [-0.15, -0.1) is 0 Å². The molecule has 5 nitrogen and oxygen atoms in total. The Hall–Kier alpha value is -1.39. The van der Waals surface area contributed by atoms with E-state index in [2.05, 4.69) is 12.2 Å². The molecule has 0 spiro atoms. The minimum atomic E-state index is -0.244. The fourth-order valence-electron chi connectivity index (χ4n) is 1.77. The highest BCUT2D eigenvalue weighted by Gasteiger charge is 2.12. The van der Waals surface area contributed by atoms with Crippen LogP contribution >= 0.6 is 0 Å². The summed E-state index contributed by atoms with van der Waals surface area (Å²) in [6.07, 6.45) is 5.40. The fourth-order valence-corrected chi connectivity index (χ4v) is 1.77. The van der Waals surface area contributed by atoms with E-state index >= 15 is 0 Å². The van der Waals surface area contributed by atoms with Gasteiger partial charge in [-0.1, -0.05) is 54.4 Å². The highest BCUT2D eigenvalue weighted by Crippen LogP contribution is 2.03. The zero-order valence-electron chi connectivity index (χ0n) is 17.0. The van der Waals surface area contributed by atoms with Crippen molar-refractivity contribution >= 4 is 18.1 Å². The molecule has 0 saturated heterocycles. The van der Waals surface area contributed by atoms with Gasteiger partial charge in [0.1, 0.15) is 6.29 Å². The number of nitrogens with zero attached hydrogens (tertiary/aromatic N) is 1. The maximum atomic E-state index is 11.7. The summed E-state index contributed by atoms with van der Waals surface area (Å²) in [6, 6.07) is 0. The molecule has 0 radical (unpaired) electrons. The lowest BCUT2D eigenvalue weighted by molar-refractivity contribution is -0.132. The van der Waals surface area contributed by atoms with Crippen molar-refractivity contribution in [2.24, 2.45) is 5.92 Å². The Morgan fingerprint density at radius 2 is 1.67 bits per heavy atom. The first-order chi connectivity index (χ1) is 11.5. The number of amides is 2. The van der Waals surface area contributed by atoms with Crippen molar-refractivity contribution in [1.82, 2.24) is 10.2 Å². The van der Waals surface area contributed by atoms with E-state index in [1.54, 1.807) is 18.9 Å². The molecule has 2 amide bonds. The van der Waals surface area contributed by atoms with E-state index in [9.17, 15) is 14.4 Å². The van der Waals surface area contributed by atoms with Crippen LogP contribution in [0.5, 0.6) is 0 Å². The predicted molar refractivity (Wildman–Crippen MR) is 102 cm³/mol. The largest absolute Gasteiger partial charge is 0.356 e. The molecular weight excluding hydrogens is 304 g/mol. The molecule has 144 valence electrons. The molecule has 0 fully saturated rings. The van der Waals surface area contributed by atoms with Gasteiger partial charge in [-0.25, -0.2) is 0 Å². The molecule has 0 aromatic rings. The van der Waals surface area contributed by atoms with Crippen LogP contribution in [-0.4, -0.2) is 43.1 Å². The molecular formula is C19H40N2O3. The van der Waals surface area contributed by atoms with Gasteiger partial charge in [0.05, 0.1) is 0 Å². The van der Waals surface area contributed by atoms with Crippen LogP contribution in [0.4, 0.5) is 0 Å². The maximum absolute atomic E-state index is 11.7. The number of nitrogens with one attached hydrogen (secondary N) is 1. The summed E-state index contributed by atoms with van der Waals surface area (Å²) in [5, 5.41) is 2.87. The molecule has 0 rings (SSSR count). The van der Waals surface area contributed by atoms with Crippen LogP contribution in [0.1, 0.15) is 80.1 Å². The molecule has 0 aromatic carbocycles. The van der Waals surface area contributed by atoms with Gasteiger partial charge < -0.3 is 15.0 Å². The molecule has 0 heterocycles. The number of unbranched alkanes of at least 4 members (excludes halogenated alkanes) is 2. The topological polar surface area (TPSA) is 66.5 Å². The summed E-state index contributed by atoms with van der Waals surface area (Å²) in [4.78, 5) is 35.3. The van der Waals surface area contributed by atoms with Gasteiger partial charge in [-0.05, 0) is 12.8 Å². The number of aldehydes is 1. The van der Waals surface area contributed by atoms with Crippen molar-refractivity contribution in [3.63, 3.8) is 0 Å². The van der Waals surface area contributed by atoms with Crippen LogP contribution in [0.25, 0.3) is 0 Å². The van der Waals surface area contributed by atoms with Gasteiger partial charge in [-0.3, -0.25) is 9.59 Å². The SMILES string of the molecule is CC.CC.CCCCCNC(=O)CCCN(C)C(=O)CC(C)C=O. The summed E-state index contributed by atoms with van der Waals surface area (Å²) in [6.45, 7) is 13.1. The van der Waals surface area contributed by atoms with E-state index in [1.807, 2.05) is 27.7 Å². The van der Waals surface area contributed by atoms with Crippen LogP contribution in [0.2, 0.25) is 0 Å². The summed E-state index contributed by atoms with van der Waals surface area (Å²) in [7, 11) is 1.71. The molecule has 0 saturated carbocycles. The van der Waals surface area contributed by atoms with Gasteiger partial charge in [0, 0.05) is 38.9 Å². The van der Waals surface area contributed by atoms with Gasteiger partial charge in [0.25, 0.3) is 0 Å². The average Bonchev–Trinajstić information content (AvgIpc) is 2.61. The molecule has 1 N–H and O–H groups in total. The van der Waals surface area contributed by atoms with Crippen LogP contribution in [0.3, 0.4) is 0 Å². The van der Waals surface area contributed by atoms with Crippen molar-refractivity contribution in [2.75, 3.05) is 20.1 Å². The summed E-state index contributed by atoms with van der Waals surface area (Å²) in [5.41, 5.74) is 0. The lowest BCUT2D eigenvalue weighted by atomic mass is 10.1. The van der Waals surface area contributed by atoms with Crippen molar-refractivity contribution in [1.29, 1.82) is 0 Å². The van der Waals surface area contributed by atoms with Gasteiger partial charge in [-0.2, -0.15) is 0 Å². The summed E-state index contributed by atoms with van der Waals surface area (Å²) >= 11 is 0. The Morgan fingerprint density at radius 1 is 1.08 bits per heavy atom. The van der Waals surface area contributed by atoms with Crippen LogP contribution in [0.15, 0.2) is 0 Å². The van der Waals surface area contributed by atoms with Crippen LogP contribution in [0, 0.1) is 5.92 Å². The third-order valence-corrected chi connectivity index (χ3v) is 3.15. The molecule has 1 unspecified atom stereocenters. The molecule has 1 atom stereocenters. The van der Waals surface area contributed by atoms with Gasteiger partial charge in [0.2, 0.25) is 11.8 Å². The highest BCUT2D eigenvalue weighted by molar-refractivity contribution is 5.79. The van der Waals surface area contributed by atoms with Crippen molar-refractivity contribution < 1.29 is 14.4 Å². The molecule has 0 aliphatic heterocycles. The third-order valence-electron chi connectivity index (χ3n) is 3.15. The summed E-state index contributed by atoms with van der Waals surface area (Å²) < 4.78 is 0. The first-order valence-corrected chi connectivity index (χ1v) is 9.47. The van der Waals surface area contributed by atoms with Crippen molar-refractivity contribution in [2.45, 2.75) is 80.1 Å². The maximum Gasteiger partial charge on any atom is 0.223 e. The van der Waals surface area contributed by atoms with E-state index in [4.69, 9.17) is 0 Å². The smallest absolute Gasteiger partial charge is 0.223 e. The second-order valence-corrected chi connectivity index (χ2v) is 5.29.